The molecule has 4 rings (SSSR count). The maximum Gasteiger partial charge on any atom is 0.271 e. The molecule has 5 nitrogen and oxygen atoms in total. The van der Waals surface area contributed by atoms with Crippen molar-refractivity contribution in [1.29, 1.82) is 0 Å². The summed E-state index contributed by atoms with van der Waals surface area (Å²) < 4.78 is 62.9. The monoisotopic (exact) mass is 437 g/mol. The third-order valence-corrected chi connectivity index (χ3v) is 8.06. The number of halogens is 2. The summed E-state index contributed by atoms with van der Waals surface area (Å²) in [5.41, 5.74) is 1.52. The minimum Gasteiger partial charge on any atom is -0.365 e. The number of hydrogen-bond donors (Lipinski definition) is 0. The molecule has 2 bridgehead atoms. The molecule has 0 aromatic heterocycles. The molecule has 0 amide bonds. The van der Waals surface area contributed by atoms with Crippen LogP contribution in [0.15, 0.2) is 48.5 Å². The lowest BCUT2D eigenvalue weighted by Crippen LogP contribution is -2.46. The van der Waals surface area contributed by atoms with Crippen LogP contribution >= 0.6 is 0 Å². The molecule has 2 aliphatic rings. The zero-order valence-corrected chi connectivity index (χ0v) is 17.7. The number of fused-ring (bicyclic) bond motifs is 2. The summed E-state index contributed by atoms with van der Waals surface area (Å²) in [5, 5.41) is -0.582. The van der Waals surface area contributed by atoms with Crippen molar-refractivity contribution in [3.63, 3.8) is 0 Å². The number of rotatable bonds is 6. The summed E-state index contributed by atoms with van der Waals surface area (Å²) >= 11 is 0. The van der Waals surface area contributed by atoms with Crippen molar-refractivity contribution in [3.8, 4) is 0 Å². The molecule has 2 fully saturated rings. The van der Waals surface area contributed by atoms with Gasteiger partial charge in [-0.1, -0.05) is 24.3 Å². The van der Waals surface area contributed by atoms with Crippen LogP contribution in [0.2, 0.25) is 0 Å². The van der Waals surface area contributed by atoms with Gasteiger partial charge in [0, 0.05) is 12.1 Å². The van der Waals surface area contributed by atoms with E-state index in [9.17, 15) is 17.2 Å². The molecular weight excluding hydrogens is 412 g/mol. The number of hydrogen-bond acceptors (Lipinski definition) is 5. The van der Waals surface area contributed by atoms with E-state index in [-0.39, 0.29) is 29.8 Å². The topological polar surface area (TPSA) is 55.8 Å². The van der Waals surface area contributed by atoms with Gasteiger partial charge >= 0.3 is 0 Å². The van der Waals surface area contributed by atoms with Crippen LogP contribution in [0.5, 0.6) is 0 Å². The van der Waals surface area contributed by atoms with Gasteiger partial charge in [-0.15, -0.1) is 0 Å². The Kier molecular flexibility index (Phi) is 5.94. The minimum atomic E-state index is -3.63. The van der Waals surface area contributed by atoms with Crippen molar-refractivity contribution in [2.45, 2.75) is 48.8 Å². The highest BCUT2D eigenvalue weighted by Gasteiger charge is 2.51. The van der Waals surface area contributed by atoms with E-state index in [1.54, 1.807) is 24.3 Å². The van der Waals surface area contributed by atoms with Crippen LogP contribution in [0.4, 0.5) is 8.78 Å². The van der Waals surface area contributed by atoms with Crippen LogP contribution in [-0.2, 0) is 19.0 Å². The highest BCUT2D eigenvalue weighted by molar-refractivity contribution is 7.87. The first-order chi connectivity index (χ1) is 14.3. The molecule has 0 spiro atoms. The van der Waals surface area contributed by atoms with E-state index >= 15 is 0 Å². The average molecular weight is 438 g/mol. The Hall–Kier alpha value is -1.87. The second kappa shape index (κ2) is 8.34. The fourth-order valence-corrected chi connectivity index (χ4v) is 6.13. The SMILES string of the molecule is COS(=O)(=O)[C@H]1CC2C[C@H](OC(c3ccc(F)cc3)c3ccc(F)cc3)CC1N2C. The molecule has 0 N–H and O–H groups in total. The molecule has 2 heterocycles. The van der Waals surface area contributed by atoms with E-state index in [0.29, 0.717) is 19.3 Å². The van der Waals surface area contributed by atoms with E-state index in [1.807, 2.05) is 7.05 Å². The third-order valence-electron chi connectivity index (χ3n) is 6.35. The van der Waals surface area contributed by atoms with Gasteiger partial charge in [0.05, 0.1) is 13.2 Å². The molecule has 2 aromatic rings. The summed E-state index contributed by atoms with van der Waals surface area (Å²) in [7, 11) is -0.494. The average Bonchev–Trinajstić information content (AvgIpc) is 2.92. The lowest BCUT2D eigenvalue weighted by atomic mass is 9.97. The Bertz CT molecular complexity index is 936. The van der Waals surface area contributed by atoms with Crippen molar-refractivity contribution in [2.75, 3.05) is 14.2 Å². The number of nitrogens with zero attached hydrogens (tertiary/aromatic N) is 1. The van der Waals surface area contributed by atoms with Crippen LogP contribution in [0.3, 0.4) is 0 Å². The predicted molar refractivity (Wildman–Crippen MR) is 108 cm³/mol. The molecule has 162 valence electrons. The van der Waals surface area contributed by atoms with E-state index in [1.165, 1.54) is 31.4 Å². The predicted octanol–water partition coefficient (Wildman–Crippen LogP) is 3.65. The van der Waals surface area contributed by atoms with E-state index < -0.39 is 21.5 Å². The van der Waals surface area contributed by atoms with Crippen LogP contribution in [0.25, 0.3) is 0 Å². The van der Waals surface area contributed by atoms with Gasteiger partial charge in [0.15, 0.2) is 0 Å². The summed E-state index contributed by atoms with van der Waals surface area (Å²) in [6.07, 6.45) is 1.04. The quantitative estimate of drug-likeness (QED) is 0.646. The maximum absolute atomic E-state index is 13.4. The van der Waals surface area contributed by atoms with Crippen molar-refractivity contribution in [3.05, 3.63) is 71.3 Å². The van der Waals surface area contributed by atoms with Crippen LogP contribution in [0, 0.1) is 11.6 Å². The molecule has 0 saturated carbocycles. The van der Waals surface area contributed by atoms with Crippen molar-refractivity contribution < 1.29 is 26.1 Å². The summed E-state index contributed by atoms with van der Waals surface area (Å²) in [6, 6.07) is 12.0. The summed E-state index contributed by atoms with van der Waals surface area (Å²) in [6.45, 7) is 0. The Morgan fingerprint density at radius 3 is 1.97 bits per heavy atom. The van der Waals surface area contributed by atoms with E-state index in [4.69, 9.17) is 8.92 Å². The second-order valence-electron chi connectivity index (χ2n) is 8.03. The molecule has 8 heteroatoms. The largest absolute Gasteiger partial charge is 0.365 e. The second-order valence-corrected chi connectivity index (χ2v) is 9.96. The Morgan fingerprint density at radius 1 is 0.933 bits per heavy atom. The van der Waals surface area contributed by atoms with E-state index in [0.717, 1.165) is 11.1 Å². The Labute approximate surface area is 175 Å². The molecule has 4 atom stereocenters. The normalized spacial score (nSPS) is 27.0. The summed E-state index contributed by atoms with van der Waals surface area (Å²) in [4.78, 5) is 2.10. The van der Waals surface area contributed by atoms with Gasteiger partial charge in [-0.2, -0.15) is 8.42 Å². The number of piperidine rings is 1. The van der Waals surface area contributed by atoms with Gasteiger partial charge in [-0.05, 0) is 61.7 Å². The van der Waals surface area contributed by atoms with Crippen LogP contribution in [0.1, 0.15) is 36.5 Å². The number of ether oxygens (including phenoxy) is 1. The first-order valence-electron chi connectivity index (χ1n) is 9.96. The minimum absolute atomic E-state index is 0.0748. The first kappa shape index (κ1) is 21.4. The van der Waals surface area contributed by atoms with Gasteiger partial charge < -0.3 is 4.74 Å². The fourth-order valence-electron chi connectivity index (χ4n) is 4.74. The fraction of sp³-hybridized carbons (Fsp3) is 0.455. The Balaban J connectivity index is 1.59. The summed E-state index contributed by atoms with van der Waals surface area (Å²) in [5.74, 6) is -0.692. The standard InChI is InChI=1S/C22H25F2NO4S/c1-25-18-11-19(13-20(25)21(12-18)30(26,27)28-2)29-22(14-3-7-16(23)8-4-14)15-5-9-17(24)10-6-15/h3-10,18-22H,11-13H2,1-2H3/t18?,19-,20?,21-/m0/s1. The highest BCUT2D eigenvalue weighted by Crippen LogP contribution is 2.41. The Morgan fingerprint density at radius 2 is 1.47 bits per heavy atom. The first-order valence-corrected chi connectivity index (χ1v) is 11.4. The zero-order valence-electron chi connectivity index (χ0n) is 16.9. The molecule has 30 heavy (non-hydrogen) atoms. The zero-order chi connectivity index (χ0) is 21.5. The van der Waals surface area contributed by atoms with Gasteiger partial charge in [0.1, 0.15) is 23.0 Å². The lowest BCUT2D eigenvalue weighted by molar-refractivity contribution is -0.0425. The van der Waals surface area contributed by atoms with Crippen molar-refractivity contribution >= 4 is 10.1 Å². The van der Waals surface area contributed by atoms with Gasteiger partial charge in [0.25, 0.3) is 10.1 Å². The highest BCUT2D eigenvalue weighted by atomic mass is 32.2. The lowest BCUT2D eigenvalue weighted by Gasteiger charge is -2.38. The molecule has 2 saturated heterocycles. The van der Waals surface area contributed by atoms with Gasteiger partial charge in [-0.3, -0.25) is 9.08 Å². The molecule has 2 unspecified atom stereocenters. The van der Waals surface area contributed by atoms with Gasteiger partial charge in [-0.25, -0.2) is 8.78 Å². The van der Waals surface area contributed by atoms with Crippen LogP contribution < -0.4 is 0 Å². The van der Waals surface area contributed by atoms with Crippen molar-refractivity contribution in [2.24, 2.45) is 0 Å². The van der Waals surface area contributed by atoms with E-state index in [2.05, 4.69) is 4.90 Å². The maximum atomic E-state index is 13.4. The molecular formula is C22H25F2NO4S. The molecule has 0 radical (unpaired) electrons. The molecule has 0 aliphatic carbocycles. The van der Waals surface area contributed by atoms with Gasteiger partial charge in [0.2, 0.25) is 0 Å². The molecule has 2 aliphatic heterocycles. The third kappa shape index (κ3) is 4.14. The van der Waals surface area contributed by atoms with Crippen LogP contribution in [-0.4, -0.2) is 50.9 Å². The number of benzene rings is 2. The van der Waals surface area contributed by atoms with Crippen molar-refractivity contribution in [1.82, 2.24) is 4.90 Å². The molecule has 2 aromatic carbocycles. The smallest absolute Gasteiger partial charge is 0.271 e.